The predicted molar refractivity (Wildman–Crippen MR) is 85.0 cm³/mol. The molecule has 5 heteroatoms. The minimum absolute atomic E-state index is 0.326. The number of carbonyl (C=O) groups is 2. The second-order valence-corrected chi connectivity index (χ2v) is 5.98. The molecule has 0 aliphatic carbocycles. The highest BCUT2D eigenvalue weighted by atomic mass is 32.2. The highest BCUT2D eigenvalue weighted by Gasteiger charge is 2.18. The van der Waals surface area contributed by atoms with Gasteiger partial charge in [0.05, 0.1) is 0 Å². The highest BCUT2D eigenvalue weighted by Crippen LogP contribution is 2.07. The number of hydrogen-bond donors (Lipinski definition) is 2. The van der Waals surface area contributed by atoms with Crippen LogP contribution in [0.5, 0.6) is 0 Å². The molecule has 0 aromatic heterocycles. The maximum absolute atomic E-state index is 11.8. The van der Waals surface area contributed by atoms with Crippen molar-refractivity contribution in [3.05, 3.63) is 23.3 Å². The van der Waals surface area contributed by atoms with Gasteiger partial charge in [-0.15, -0.1) is 0 Å². The third-order valence-electron chi connectivity index (χ3n) is 2.69. The molecule has 0 heterocycles. The molecule has 20 heavy (non-hydrogen) atoms. The van der Waals surface area contributed by atoms with E-state index in [4.69, 9.17) is 5.11 Å². The highest BCUT2D eigenvalue weighted by molar-refractivity contribution is 7.98. The van der Waals surface area contributed by atoms with Crippen molar-refractivity contribution in [2.45, 2.75) is 46.1 Å². The molecule has 1 atom stereocenters. The van der Waals surface area contributed by atoms with E-state index in [2.05, 4.69) is 11.4 Å². The number of rotatable bonds is 9. The smallest absolute Gasteiger partial charge is 0.326 e. The van der Waals surface area contributed by atoms with Gasteiger partial charge >= 0.3 is 5.97 Å². The second-order valence-electron chi connectivity index (χ2n) is 4.99. The summed E-state index contributed by atoms with van der Waals surface area (Å²) in [6.45, 7) is 5.96. The molecule has 1 amide bonds. The van der Waals surface area contributed by atoms with Gasteiger partial charge in [-0.1, -0.05) is 17.2 Å². The van der Waals surface area contributed by atoms with Crippen molar-refractivity contribution in [2.24, 2.45) is 0 Å². The van der Waals surface area contributed by atoms with Crippen LogP contribution in [0.2, 0.25) is 0 Å². The fourth-order valence-electron chi connectivity index (χ4n) is 1.59. The topological polar surface area (TPSA) is 66.4 Å². The molecule has 0 bridgehead atoms. The lowest BCUT2D eigenvalue weighted by molar-refractivity contribution is -0.141. The summed E-state index contributed by atoms with van der Waals surface area (Å²) in [5, 5.41) is 11.6. The molecule has 0 aliphatic heterocycles. The molecule has 0 rings (SSSR count). The number of hydrogen-bond acceptors (Lipinski definition) is 3. The summed E-state index contributed by atoms with van der Waals surface area (Å²) >= 11 is 1.57. The average molecular weight is 299 g/mol. The maximum Gasteiger partial charge on any atom is 0.326 e. The summed E-state index contributed by atoms with van der Waals surface area (Å²) in [6.07, 6.45) is 7.66. The molecule has 2 N–H and O–H groups in total. The summed E-state index contributed by atoms with van der Waals surface area (Å²) in [7, 11) is 0. The van der Waals surface area contributed by atoms with E-state index in [0.717, 1.165) is 18.4 Å². The van der Waals surface area contributed by atoms with Crippen LogP contribution >= 0.6 is 11.8 Å². The van der Waals surface area contributed by atoms with Gasteiger partial charge in [0.1, 0.15) is 6.04 Å². The van der Waals surface area contributed by atoms with Crippen molar-refractivity contribution < 1.29 is 14.7 Å². The quantitative estimate of drug-likeness (QED) is 0.507. The summed E-state index contributed by atoms with van der Waals surface area (Å²) < 4.78 is 0. The molecule has 0 fully saturated rings. The van der Waals surface area contributed by atoms with Crippen molar-refractivity contribution in [2.75, 3.05) is 12.0 Å². The molecule has 1 unspecified atom stereocenters. The number of nitrogens with one attached hydrogen (secondary N) is 1. The number of allylic oxidation sites excluding steroid dienone is 3. The zero-order chi connectivity index (χ0) is 15.5. The Labute approximate surface area is 125 Å². The average Bonchev–Trinajstić information content (AvgIpc) is 2.33. The van der Waals surface area contributed by atoms with Gasteiger partial charge in [0.15, 0.2) is 0 Å². The first-order chi connectivity index (χ1) is 9.36. The van der Waals surface area contributed by atoms with Crippen LogP contribution in [-0.4, -0.2) is 35.0 Å². The number of carbonyl (C=O) groups excluding carboxylic acids is 1. The Morgan fingerprint density at radius 3 is 2.45 bits per heavy atom. The van der Waals surface area contributed by atoms with Crippen LogP contribution in [0, 0.1) is 0 Å². The van der Waals surface area contributed by atoms with E-state index < -0.39 is 12.0 Å². The maximum atomic E-state index is 11.8. The lowest BCUT2D eigenvalue weighted by Gasteiger charge is -2.12. The summed E-state index contributed by atoms with van der Waals surface area (Å²) in [4.78, 5) is 22.8. The zero-order valence-electron chi connectivity index (χ0n) is 12.7. The van der Waals surface area contributed by atoms with Gasteiger partial charge < -0.3 is 10.4 Å². The minimum Gasteiger partial charge on any atom is -0.480 e. The van der Waals surface area contributed by atoms with Crippen molar-refractivity contribution in [3.8, 4) is 0 Å². The molecule has 114 valence electrons. The van der Waals surface area contributed by atoms with Crippen molar-refractivity contribution in [3.63, 3.8) is 0 Å². The largest absolute Gasteiger partial charge is 0.480 e. The van der Waals surface area contributed by atoms with E-state index in [1.807, 2.05) is 27.0 Å². The molecule has 0 radical (unpaired) electrons. The van der Waals surface area contributed by atoms with E-state index in [1.54, 1.807) is 11.8 Å². The third-order valence-corrected chi connectivity index (χ3v) is 3.34. The van der Waals surface area contributed by atoms with E-state index in [9.17, 15) is 9.59 Å². The number of carboxylic acid groups (broad SMARTS) is 1. The van der Waals surface area contributed by atoms with Crippen molar-refractivity contribution >= 4 is 23.6 Å². The Kier molecular flexibility index (Phi) is 9.90. The molecule has 0 saturated heterocycles. The monoisotopic (exact) mass is 299 g/mol. The molecule has 4 nitrogen and oxygen atoms in total. The van der Waals surface area contributed by atoms with Crippen LogP contribution in [0.3, 0.4) is 0 Å². The SMILES string of the molecule is CSCCC(NC(=O)/C=C(\C)CCC=C(C)C)C(=O)O. The van der Waals surface area contributed by atoms with Crippen LogP contribution in [0.4, 0.5) is 0 Å². The lowest BCUT2D eigenvalue weighted by atomic mass is 10.1. The van der Waals surface area contributed by atoms with Gasteiger partial charge in [0.2, 0.25) is 5.91 Å². The fraction of sp³-hybridized carbons (Fsp3) is 0.600. The van der Waals surface area contributed by atoms with Crippen LogP contribution in [-0.2, 0) is 9.59 Å². The number of carboxylic acids is 1. The van der Waals surface area contributed by atoms with Crippen LogP contribution in [0.25, 0.3) is 0 Å². The summed E-state index contributed by atoms with van der Waals surface area (Å²) in [6, 6.07) is -0.809. The van der Waals surface area contributed by atoms with Crippen LogP contribution in [0.1, 0.15) is 40.0 Å². The van der Waals surface area contributed by atoms with Gasteiger partial charge in [0.25, 0.3) is 0 Å². The van der Waals surface area contributed by atoms with E-state index in [-0.39, 0.29) is 5.91 Å². The van der Waals surface area contributed by atoms with Gasteiger partial charge in [-0.3, -0.25) is 4.79 Å². The van der Waals surface area contributed by atoms with Gasteiger partial charge in [-0.2, -0.15) is 11.8 Å². The van der Waals surface area contributed by atoms with Crippen LogP contribution in [0.15, 0.2) is 23.3 Å². The molecule has 0 saturated carbocycles. The Hall–Kier alpha value is -1.23. The Balaban J connectivity index is 4.35. The Bertz CT molecular complexity index is 385. The van der Waals surface area contributed by atoms with E-state index >= 15 is 0 Å². The lowest BCUT2D eigenvalue weighted by Crippen LogP contribution is -2.40. The number of aliphatic carboxylic acids is 1. The molecular weight excluding hydrogens is 274 g/mol. The predicted octanol–water partition coefficient (Wildman–Crippen LogP) is 3.00. The molecule has 0 aliphatic rings. The van der Waals surface area contributed by atoms with Gasteiger partial charge in [0, 0.05) is 6.08 Å². The first-order valence-corrected chi connectivity index (χ1v) is 8.09. The standard InChI is InChI=1S/C15H25NO3S/c1-11(2)6-5-7-12(3)10-14(17)16-13(15(18)19)8-9-20-4/h6,10,13H,5,7-9H2,1-4H3,(H,16,17)(H,18,19)/b12-10+. The minimum atomic E-state index is -0.983. The second kappa shape index (κ2) is 10.5. The Morgan fingerprint density at radius 2 is 1.95 bits per heavy atom. The van der Waals surface area contributed by atoms with Gasteiger partial charge in [-0.25, -0.2) is 4.79 Å². The molecule has 0 spiro atoms. The number of amides is 1. The third kappa shape index (κ3) is 9.67. The van der Waals surface area contributed by atoms with Crippen molar-refractivity contribution in [1.82, 2.24) is 5.32 Å². The normalized spacial score (nSPS) is 12.7. The van der Waals surface area contributed by atoms with E-state index in [1.165, 1.54) is 11.6 Å². The summed E-state index contributed by atoms with van der Waals surface area (Å²) in [5.41, 5.74) is 2.21. The molecule has 0 aromatic rings. The molecular formula is C15H25NO3S. The first kappa shape index (κ1) is 18.8. The summed E-state index contributed by atoms with van der Waals surface area (Å²) in [5.74, 6) is -0.600. The van der Waals surface area contributed by atoms with Crippen molar-refractivity contribution in [1.29, 1.82) is 0 Å². The molecule has 0 aromatic carbocycles. The zero-order valence-corrected chi connectivity index (χ0v) is 13.5. The Morgan fingerprint density at radius 1 is 1.30 bits per heavy atom. The number of thioether (sulfide) groups is 1. The fourth-order valence-corrected chi connectivity index (χ4v) is 2.06. The van der Waals surface area contributed by atoms with Crippen LogP contribution < -0.4 is 5.32 Å². The first-order valence-electron chi connectivity index (χ1n) is 6.69. The van der Waals surface area contributed by atoms with Gasteiger partial charge in [-0.05, 0) is 52.0 Å². The van der Waals surface area contributed by atoms with E-state index in [0.29, 0.717) is 12.2 Å².